The average molecular weight is 279 g/mol. The summed E-state index contributed by atoms with van der Waals surface area (Å²) in [5.41, 5.74) is 3.36. The molecule has 0 bridgehead atoms. The van der Waals surface area contributed by atoms with E-state index in [1.807, 2.05) is 48.3 Å². The van der Waals surface area contributed by atoms with Crippen molar-refractivity contribution in [2.45, 2.75) is 0 Å². The summed E-state index contributed by atoms with van der Waals surface area (Å²) in [6.07, 6.45) is 5.67. The lowest BCUT2D eigenvalue weighted by Gasteiger charge is -2.07. The summed E-state index contributed by atoms with van der Waals surface area (Å²) in [7, 11) is 1.97. The highest BCUT2D eigenvalue weighted by Gasteiger charge is 2.08. The van der Waals surface area contributed by atoms with Crippen LogP contribution in [0.1, 0.15) is 0 Å². The lowest BCUT2D eigenvalue weighted by atomic mass is 10.0. The predicted molar refractivity (Wildman–Crippen MR) is 79.6 cm³/mol. The Hall–Kier alpha value is -2.88. The first-order valence-corrected chi connectivity index (χ1v) is 6.57. The molecule has 0 amide bonds. The van der Waals surface area contributed by atoms with Crippen molar-refractivity contribution >= 4 is 0 Å². The molecule has 3 aromatic rings. The standard InChI is InChI=1S/C17H14N2O2/c1-19-8-5-12(6-9-19)13-4-7-18-16(10-13)15-3-2-14(20)11-17(15)21/h2-11H,1H3,(H-,18,20,21)/p+1. The fraction of sp³-hybridized carbons (Fsp3) is 0.0588. The van der Waals surface area contributed by atoms with Gasteiger partial charge in [0.05, 0.1) is 5.69 Å². The largest absolute Gasteiger partial charge is 0.508 e. The fourth-order valence-corrected chi connectivity index (χ4v) is 2.19. The molecular weight excluding hydrogens is 264 g/mol. The number of aromatic nitrogens is 2. The van der Waals surface area contributed by atoms with E-state index in [2.05, 4.69) is 4.98 Å². The number of aryl methyl sites for hydroxylation is 1. The Morgan fingerprint density at radius 2 is 1.67 bits per heavy atom. The van der Waals surface area contributed by atoms with Crippen LogP contribution in [0.15, 0.2) is 61.1 Å². The van der Waals surface area contributed by atoms with Gasteiger partial charge in [-0.2, -0.15) is 0 Å². The van der Waals surface area contributed by atoms with Crippen molar-refractivity contribution in [2.24, 2.45) is 7.05 Å². The SMILES string of the molecule is C[n+]1ccc(-c2ccnc(-c3ccc(O)cc3O)c2)cc1. The molecule has 0 unspecified atom stereocenters. The summed E-state index contributed by atoms with van der Waals surface area (Å²) in [5, 5.41) is 19.3. The number of phenolic OH excluding ortho intramolecular Hbond substituents is 2. The van der Waals surface area contributed by atoms with Crippen molar-refractivity contribution in [1.82, 2.24) is 4.98 Å². The number of pyridine rings is 2. The van der Waals surface area contributed by atoms with Crippen LogP contribution in [0, 0.1) is 0 Å². The van der Waals surface area contributed by atoms with Crippen LogP contribution in [0.2, 0.25) is 0 Å². The van der Waals surface area contributed by atoms with Crippen LogP contribution < -0.4 is 4.57 Å². The van der Waals surface area contributed by atoms with E-state index in [1.165, 1.54) is 12.1 Å². The average Bonchev–Trinajstić information content (AvgIpc) is 2.48. The zero-order valence-corrected chi connectivity index (χ0v) is 11.6. The lowest BCUT2D eigenvalue weighted by Crippen LogP contribution is -2.25. The number of nitrogens with zero attached hydrogens (tertiary/aromatic N) is 2. The lowest BCUT2D eigenvalue weighted by molar-refractivity contribution is -0.671. The van der Waals surface area contributed by atoms with Gasteiger partial charge in [-0.05, 0) is 35.4 Å². The molecule has 2 aromatic heterocycles. The van der Waals surface area contributed by atoms with Gasteiger partial charge < -0.3 is 10.2 Å². The van der Waals surface area contributed by atoms with Crippen LogP contribution in [0.25, 0.3) is 22.4 Å². The monoisotopic (exact) mass is 279 g/mol. The summed E-state index contributed by atoms with van der Waals surface area (Å²) >= 11 is 0. The second kappa shape index (κ2) is 5.25. The van der Waals surface area contributed by atoms with E-state index in [4.69, 9.17) is 0 Å². The van der Waals surface area contributed by atoms with Crippen LogP contribution >= 0.6 is 0 Å². The number of benzene rings is 1. The molecule has 4 heteroatoms. The maximum atomic E-state index is 9.94. The molecule has 0 saturated carbocycles. The molecule has 104 valence electrons. The Morgan fingerprint density at radius 1 is 0.905 bits per heavy atom. The smallest absolute Gasteiger partial charge is 0.169 e. The molecule has 2 heterocycles. The predicted octanol–water partition coefficient (Wildman–Crippen LogP) is 2.65. The van der Waals surface area contributed by atoms with Gasteiger partial charge in [-0.1, -0.05) is 0 Å². The molecule has 0 fully saturated rings. The molecule has 0 atom stereocenters. The Morgan fingerprint density at radius 3 is 2.38 bits per heavy atom. The molecule has 21 heavy (non-hydrogen) atoms. The summed E-state index contributed by atoms with van der Waals surface area (Å²) in [4.78, 5) is 4.30. The van der Waals surface area contributed by atoms with Crippen LogP contribution in [0.4, 0.5) is 0 Å². The molecule has 0 aliphatic rings. The number of hydrogen-bond acceptors (Lipinski definition) is 3. The highest BCUT2D eigenvalue weighted by atomic mass is 16.3. The first kappa shape index (κ1) is 13.1. The van der Waals surface area contributed by atoms with Crippen LogP contribution in [-0.2, 0) is 7.05 Å². The third kappa shape index (κ3) is 2.69. The first-order chi connectivity index (χ1) is 10.1. The van der Waals surface area contributed by atoms with Crippen molar-refractivity contribution in [1.29, 1.82) is 0 Å². The van der Waals surface area contributed by atoms with E-state index in [1.54, 1.807) is 12.3 Å². The molecule has 0 aliphatic heterocycles. The molecule has 0 radical (unpaired) electrons. The minimum absolute atomic E-state index is 0.0131. The second-order valence-electron chi connectivity index (χ2n) is 4.88. The first-order valence-electron chi connectivity index (χ1n) is 6.57. The van der Waals surface area contributed by atoms with Crippen molar-refractivity contribution < 1.29 is 14.8 Å². The molecule has 0 aliphatic carbocycles. The van der Waals surface area contributed by atoms with Gasteiger partial charge in [-0.3, -0.25) is 4.98 Å². The Bertz CT molecular complexity index is 783. The maximum Gasteiger partial charge on any atom is 0.169 e. The van der Waals surface area contributed by atoms with Gasteiger partial charge >= 0.3 is 0 Å². The van der Waals surface area contributed by atoms with E-state index >= 15 is 0 Å². The van der Waals surface area contributed by atoms with E-state index < -0.39 is 0 Å². The van der Waals surface area contributed by atoms with Gasteiger partial charge in [0.1, 0.15) is 18.5 Å². The second-order valence-corrected chi connectivity index (χ2v) is 4.88. The van der Waals surface area contributed by atoms with E-state index in [0.717, 1.165) is 11.1 Å². The highest BCUT2D eigenvalue weighted by Crippen LogP contribution is 2.32. The van der Waals surface area contributed by atoms with Crippen LogP contribution in [0.5, 0.6) is 11.5 Å². The van der Waals surface area contributed by atoms with Crippen molar-refractivity contribution in [2.75, 3.05) is 0 Å². The van der Waals surface area contributed by atoms with E-state index in [0.29, 0.717) is 11.3 Å². The molecular formula is C17H15N2O2+. The quantitative estimate of drug-likeness (QED) is 0.709. The van der Waals surface area contributed by atoms with Gasteiger partial charge in [0.25, 0.3) is 0 Å². The minimum Gasteiger partial charge on any atom is -0.508 e. The molecule has 3 rings (SSSR count). The Labute approximate surface area is 122 Å². The summed E-state index contributed by atoms with van der Waals surface area (Å²) < 4.78 is 1.97. The van der Waals surface area contributed by atoms with Gasteiger partial charge in [0, 0.05) is 30.0 Å². The molecule has 0 spiro atoms. The molecule has 4 nitrogen and oxygen atoms in total. The zero-order valence-electron chi connectivity index (χ0n) is 11.6. The summed E-state index contributed by atoms with van der Waals surface area (Å²) in [6, 6.07) is 12.4. The number of phenols is 2. The minimum atomic E-state index is 0.0131. The third-order valence-electron chi connectivity index (χ3n) is 3.33. The van der Waals surface area contributed by atoms with Crippen molar-refractivity contribution in [3.63, 3.8) is 0 Å². The van der Waals surface area contributed by atoms with Crippen LogP contribution in [-0.4, -0.2) is 15.2 Å². The topological polar surface area (TPSA) is 57.2 Å². The van der Waals surface area contributed by atoms with Gasteiger partial charge in [-0.15, -0.1) is 0 Å². The van der Waals surface area contributed by atoms with Gasteiger partial charge in [-0.25, -0.2) is 4.57 Å². The molecule has 0 saturated heterocycles. The van der Waals surface area contributed by atoms with E-state index in [9.17, 15) is 10.2 Å². The summed E-state index contributed by atoms with van der Waals surface area (Å²) in [5.74, 6) is 0.0436. The van der Waals surface area contributed by atoms with Gasteiger partial charge in [0.15, 0.2) is 12.4 Å². The Kier molecular flexibility index (Phi) is 3.28. The Balaban J connectivity index is 2.05. The zero-order chi connectivity index (χ0) is 14.8. The van der Waals surface area contributed by atoms with E-state index in [-0.39, 0.29) is 11.5 Å². The maximum absolute atomic E-state index is 9.94. The fourth-order valence-electron chi connectivity index (χ4n) is 2.19. The van der Waals surface area contributed by atoms with Gasteiger partial charge in [0.2, 0.25) is 0 Å². The highest BCUT2D eigenvalue weighted by molar-refractivity contribution is 5.73. The third-order valence-corrected chi connectivity index (χ3v) is 3.33. The molecule has 2 N–H and O–H groups in total. The van der Waals surface area contributed by atoms with Crippen molar-refractivity contribution in [3.8, 4) is 33.9 Å². The normalized spacial score (nSPS) is 10.5. The summed E-state index contributed by atoms with van der Waals surface area (Å²) in [6.45, 7) is 0. The number of hydrogen-bond donors (Lipinski definition) is 2. The van der Waals surface area contributed by atoms with Crippen LogP contribution in [0.3, 0.4) is 0 Å². The van der Waals surface area contributed by atoms with Crippen molar-refractivity contribution in [3.05, 3.63) is 61.1 Å². The number of aromatic hydroxyl groups is 2. The number of rotatable bonds is 2. The molecule has 1 aromatic carbocycles.